The summed E-state index contributed by atoms with van der Waals surface area (Å²) in [6.07, 6.45) is 2.14. The number of methoxy groups -OCH3 is 1. The summed E-state index contributed by atoms with van der Waals surface area (Å²) in [5, 5.41) is 9.06. The van der Waals surface area contributed by atoms with Crippen LogP contribution in [0.15, 0.2) is 24.3 Å². The largest absolute Gasteiger partial charge is 0.468 e. The summed E-state index contributed by atoms with van der Waals surface area (Å²) in [6.45, 7) is 4.17. The zero-order valence-corrected chi connectivity index (χ0v) is 13.1. The van der Waals surface area contributed by atoms with Gasteiger partial charge in [-0.15, -0.1) is 0 Å². The average molecular weight is 302 g/mol. The highest BCUT2D eigenvalue weighted by Gasteiger charge is 2.32. The van der Waals surface area contributed by atoms with Crippen molar-refractivity contribution < 1.29 is 14.3 Å². The van der Waals surface area contributed by atoms with Gasteiger partial charge in [-0.05, 0) is 44.0 Å². The Balaban J connectivity index is 2.26. The Morgan fingerprint density at radius 1 is 1.55 bits per heavy atom. The van der Waals surface area contributed by atoms with Gasteiger partial charge in [-0.25, -0.2) is 4.79 Å². The number of likely N-dealkylation sites (tertiary alicyclic amines) is 1. The highest BCUT2D eigenvalue weighted by molar-refractivity contribution is 5.77. The van der Waals surface area contributed by atoms with Gasteiger partial charge in [0.25, 0.3) is 0 Å². The Morgan fingerprint density at radius 2 is 2.36 bits per heavy atom. The molecule has 5 heteroatoms. The monoisotopic (exact) mass is 302 g/mol. The summed E-state index contributed by atoms with van der Waals surface area (Å²) in [7, 11) is 1.40. The molecule has 0 aliphatic carbocycles. The molecule has 0 radical (unpaired) electrons. The number of nitriles is 1. The number of hydrogen-bond donors (Lipinski definition) is 0. The molecule has 5 nitrogen and oxygen atoms in total. The number of piperidine rings is 1. The normalized spacial score (nSPS) is 20.1. The fourth-order valence-corrected chi connectivity index (χ4v) is 2.96. The summed E-state index contributed by atoms with van der Waals surface area (Å²) in [5.41, 5.74) is 1.34. The van der Waals surface area contributed by atoms with Crippen molar-refractivity contribution in [2.45, 2.75) is 31.9 Å². The van der Waals surface area contributed by atoms with Crippen molar-refractivity contribution in [1.82, 2.24) is 4.90 Å². The maximum Gasteiger partial charge on any atom is 0.327 e. The van der Waals surface area contributed by atoms with Crippen LogP contribution in [0.5, 0.6) is 0 Å². The van der Waals surface area contributed by atoms with Crippen molar-refractivity contribution in [1.29, 1.82) is 5.26 Å². The van der Waals surface area contributed by atoms with E-state index in [1.165, 1.54) is 7.11 Å². The standard InChI is InChI=1S/C17H22N2O3/c1-3-22-15-8-5-9-19(12-15)16(17(20)21-2)14-7-4-6-13(10-14)11-18/h4,6-7,10,15-16H,3,5,8-9,12H2,1-2H3/t15-,16+/m0/s1. The number of ether oxygens (including phenoxy) is 2. The first-order valence-corrected chi connectivity index (χ1v) is 7.63. The molecule has 2 atom stereocenters. The van der Waals surface area contributed by atoms with Crippen LogP contribution in [0.3, 0.4) is 0 Å². The first-order valence-electron chi connectivity index (χ1n) is 7.63. The van der Waals surface area contributed by atoms with Crippen molar-refractivity contribution in [3.63, 3.8) is 0 Å². The second-order valence-corrected chi connectivity index (χ2v) is 5.38. The van der Waals surface area contributed by atoms with Crippen molar-refractivity contribution in [2.24, 2.45) is 0 Å². The number of rotatable bonds is 5. The molecule has 0 aromatic heterocycles. The Labute approximate surface area is 131 Å². The molecule has 1 aromatic carbocycles. The molecular weight excluding hydrogens is 280 g/mol. The molecule has 1 aromatic rings. The molecule has 1 fully saturated rings. The van der Waals surface area contributed by atoms with Crippen LogP contribution >= 0.6 is 0 Å². The van der Waals surface area contributed by atoms with Gasteiger partial charge in [0.1, 0.15) is 6.04 Å². The molecule has 118 valence electrons. The minimum Gasteiger partial charge on any atom is -0.468 e. The zero-order chi connectivity index (χ0) is 15.9. The lowest BCUT2D eigenvalue weighted by Crippen LogP contribution is -2.44. The van der Waals surface area contributed by atoms with Crippen molar-refractivity contribution in [2.75, 3.05) is 26.8 Å². The van der Waals surface area contributed by atoms with Gasteiger partial charge < -0.3 is 9.47 Å². The second kappa shape index (κ2) is 7.92. The van der Waals surface area contributed by atoms with Gasteiger partial charge in [-0.2, -0.15) is 5.26 Å². The zero-order valence-electron chi connectivity index (χ0n) is 13.1. The number of nitrogens with zero attached hydrogens (tertiary/aromatic N) is 2. The van der Waals surface area contributed by atoms with Gasteiger partial charge in [0, 0.05) is 13.2 Å². The maximum atomic E-state index is 12.3. The second-order valence-electron chi connectivity index (χ2n) is 5.38. The van der Waals surface area contributed by atoms with E-state index in [0.717, 1.165) is 24.9 Å². The van der Waals surface area contributed by atoms with Gasteiger partial charge >= 0.3 is 5.97 Å². The van der Waals surface area contributed by atoms with E-state index in [9.17, 15) is 4.79 Å². The van der Waals surface area contributed by atoms with Gasteiger partial charge in [-0.1, -0.05) is 12.1 Å². The summed E-state index contributed by atoms with van der Waals surface area (Å²) in [6, 6.07) is 8.79. The molecule has 2 rings (SSSR count). The Kier molecular flexibility index (Phi) is 5.93. The van der Waals surface area contributed by atoms with Crippen LogP contribution in [-0.2, 0) is 14.3 Å². The maximum absolute atomic E-state index is 12.3. The van der Waals surface area contributed by atoms with Crippen molar-refractivity contribution in [3.05, 3.63) is 35.4 Å². The molecule has 1 aliphatic rings. The SMILES string of the molecule is CCO[C@H]1CCCN([C@@H](C(=O)OC)c2cccc(C#N)c2)C1. The molecule has 1 heterocycles. The number of carbonyl (C=O) groups is 1. The minimum atomic E-state index is -0.485. The van der Waals surface area contributed by atoms with Gasteiger partial charge in [0.2, 0.25) is 0 Å². The van der Waals surface area contributed by atoms with E-state index >= 15 is 0 Å². The van der Waals surface area contributed by atoms with E-state index in [-0.39, 0.29) is 12.1 Å². The van der Waals surface area contributed by atoms with E-state index < -0.39 is 6.04 Å². The van der Waals surface area contributed by atoms with E-state index in [2.05, 4.69) is 11.0 Å². The first kappa shape index (κ1) is 16.5. The number of benzene rings is 1. The predicted octanol–water partition coefficient (Wildman–Crippen LogP) is 2.27. The highest BCUT2D eigenvalue weighted by atomic mass is 16.5. The fraction of sp³-hybridized carbons (Fsp3) is 0.529. The summed E-state index contributed by atoms with van der Waals surface area (Å²) >= 11 is 0. The molecular formula is C17H22N2O3. The molecule has 1 saturated heterocycles. The van der Waals surface area contributed by atoms with E-state index in [1.54, 1.807) is 18.2 Å². The van der Waals surface area contributed by atoms with E-state index in [4.69, 9.17) is 14.7 Å². The molecule has 1 aliphatic heterocycles. The Hall–Kier alpha value is -1.90. The third-order valence-corrected chi connectivity index (χ3v) is 3.93. The molecule has 0 bridgehead atoms. The van der Waals surface area contributed by atoms with Crippen LogP contribution < -0.4 is 0 Å². The van der Waals surface area contributed by atoms with Crippen LogP contribution in [-0.4, -0.2) is 43.8 Å². The molecule has 0 unspecified atom stereocenters. The summed E-state index contributed by atoms with van der Waals surface area (Å²) < 4.78 is 10.7. The van der Waals surface area contributed by atoms with Crippen LogP contribution in [0, 0.1) is 11.3 Å². The molecule has 0 saturated carbocycles. The third kappa shape index (κ3) is 3.85. The van der Waals surface area contributed by atoms with Crippen LogP contribution in [0.4, 0.5) is 0 Å². The first-order chi connectivity index (χ1) is 10.7. The molecule has 0 N–H and O–H groups in total. The third-order valence-electron chi connectivity index (χ3n) is 3.93. The minimum absolute atomic E-state index is 0.144. The quantitative estimate of drug-likeness (QED) is 0.781. The number of carbonyl (C=O) groups excluding carboxylic acids is 1. The van der Waals surface area contributed by atoms with Crippen molar-refractivity contribution >= 4 is 5.97 Å². The highest BCUT2D eigenvalue weighted by Crippen LogP contribution is 2.27. The van der Waals surface area contributed by atoms with E-state index in [0.29, 0.717) is 18.7 Å². The lowest BCUT2D eigenvalue weighted by molar-refractivity contribution is -0.149. The lowest BCUT2D eigenvalue weighted by atomic mass is 9.99. The van der Waals surface area contributed by atoms with Gasteiger partial charge in [0.05, 0.1) is 24.8 Å². The summed E-state index contributed by atoms with van der Waals surface area (Å²) in [4.78, 5) is 14.4. The molecule has 0 spiro atoms. The Bertz CT molecular complexity index is 551. The molecule has 0 amide bonds. The number of esters is 1. The van der Waals surface area contributed by atoms with E-state index in [1.807, 2.05) is 13.0 Å². The van der Waals surface area contributed by atoms with Gasteiger partial charge in [0.15, 0.2) is 0 Å². The predicted molar refractivity (Wildman–Crippen MR) is 82.1 cm³/mol. The average Bonchev–Trinajstić information content (AvgIpc) is 2.56. The van der Waals surface area contributed by atoms with Crippen LogP contribution in [0.2, 0.25) is 0 Å². The number of hydrogen-bond acceptors (Lipinski definition) is 5. The smallest absolute Gasteiger partial charge is 0.327 e. The lowest BCUT2D eigenvalue weighted by Gasteiger charge is -2.36. The summed E-state index contributed by atoms with van der Waals surface area (Å²) in [5.74, 6) is -0.299. The van der Waals surface area contributed by atoms with Crippen LogP contribution in [0.25, 0.3) is 0 Å². The van der Waals surface area contributed by atoms with Crippen LogP contribution in [0.1, 0.15) is 36.9 Å². The van der Waals surface area contributed by atoms with Gasteiger partial charge in [-0.3, -0.25) is 4.90 Å². The topological polar surface area (TPSA) is 62.6 Å². The fourth-order valence-electron chi connectivity index (χ4n) is 2.96. The van der Waals surface area contributed by atoms with Crippen molar-refractivity contribution in [3.8, 4) is 6.07 Å². The molecule has 22 heavy (non-hydrogen) atoms. The Morgan fingerprint density at radius 3 is 3.05 bits per heavy atom.